The number of aryl methyl sites for hydroxylation is 1. The molecule has 0 unspecified atom stereocenters. The van der Waals surface area contributed by atoms with Gasteiger partial charge in [0.1, 0.15) is 17.6 Å². The van der Waals surface area contributed by atoms with Crippen LogP contribution in [0.5, 0.6) is 0 Å². The van der Waals surface area contributed by atoms with Gasteiger partial charge in [0.2, 0.25) is 0 Å². The van der Waals surface area contributed by atoms with Gasteiger partial charge in [-0.2, -0.15) is 0 Å². The molecule has 3 aromatic carbocycles. The van der Waals surface area contributed by atoms with Crippen molar-refractivity contribution in [2.45, 2.75) is 81.1 Å². The first kappa shape index (κ1) is 29.6. The smallest absolute Gasteiger partial charge is 0.338 e. The molecule has 5 nitrogen and oxygen atoms in total. The van der Waals surface area contributed by atoms with Crippen LogP contribution in [0.2, 0.25) is 18.1 Å². The fraction of sp³-hybridized carbons (Fsp3) is 0.406. The number of esters is 1. The minimum atomic E-state index is -2.05. The van der Waals surface area contributed by atoms with Gasteiger partial charge in [0, 0.05) is 4.90 Å². The summed E-state index contributed by atoms with van der Waals surface area (Å²) in [4.78, 5) is 14.3. The molecule has 4 atom stereocenters. The van der Waals surface area contributed by atoms with E-state index in [9.17, 15) is 4.79 Å². The zero-order valence-corrected chi connectivity index (χ0v) is 25.6. The van der Waals surface area contributed by atoms with Crippen molar-refractivity contribution in [2.24, 2.45) is 0 Å². The Labute approximate surface area is 238 Å². The normalized spacial score (nSPS) is 21.6. The Morgan fingerprint density at radius 3 is 2.13 bits per heavy atom. The Morgan fingerprint density at radius 1 is 0.897 bits per heavy atom. The molecule has 0 bridgehead atoms. The van der Waals surface area contributed by atoms with Crippen LogP contribution in [0.3, 0.4) is 0 Å². The molecule has 0 amide bonds. The number of hydrogen-bond donors (Lipinski definition) is 0. The second-order valence-corrected chi connectivity index (χ2v) is 17.5. The summed E-state index contributed by atoms with van der Waals surface area (Å²) in [5.41, 5.74) is 2.28. The molecule has 1 fully saturated rings. The second kappa shape index (κ2) is 12.8. The van der Waals surface area contributed by atoms with E-state index >= 15 is 0 Å². The minimum Gasteiger partial charge on any atom is -0.452 e. The lowest BCUT2D eigenvalue weighted by Gasteiger charge is -2.37. The monoisotopic (exact) mass is 564 g/mol. The number of carbonyl (C=O) groups excluding carboxylic acids is 1. The molecule has 1 aliphatic rings. The molecule has 1 saturated heterocycles. The first-order valence-corrected chi connectivity index (χ1v) is 17.3. The predicted octanol–water partition coefficient (Wildman–Crippen LogP) is 7.64. The average Bonchev–Trinajstić information content (AvgIpc) is 3.23. The third-order valence-corrected chi connectivity index (χ3v) is 13.1. The van der Waals surface area contributed by atoms with Crippen LogP contribution < -0.4 is 0 Å². The maximum absolute atomic E-state index is 13.3. The van der Waals surface area contributed by atoms with E-state index in [1.807, 2.05) is 48.5 Å². The fourth-order valence-corrected chi connectivity index (χ4v) is 6.16. The Hall–Kier alpha value is -2.42. The van der Waals surface area contributed by atoms with E-state index in [1.54, 1.807) is 23.9 Å². The van der Waals surface area contributed by atoms with Crippen LogP contribution in [0, 0.1) is 6.92 Å². The van der Waals surface area contributed by atoms with Gasteiger partial charge in [-0.1, -0.05) is 98.8 Å². The van der Waals surface area contributed by atoms with Gasteiger partial charge >= 0.3 is 5.97 Å². The van der Waals surface area contributed by atoms with Crippen LogP contribution in [0.1, 0.15) is 42.3 Å². The van der Waals surface area contributed by atoms with E-state index in [0.717, 1.165) is 10.5 Å². The van der Waals surface area contributed by atoms with Crippen molar-refractivity contribution in [1.29, 1.82) is 0 Å². The molecule has 7 heteroatoms. The summed E-state index contributed by atoms with van der Waals surface area (Å²) in [6, 6.07) is 27.4. The molecule has 0 radical (unpaired) electrons. The number of ether oxygens (including phenoxy) is 3. The van der Waals surface area contributed by atoms with Gasteiger partial charge < -0.3 is 18.6 Å². The van der Waals surface area contributed by atoms with E-state index in [0.29, 0.717) is 18.8 Å². The van der Waals surface area contributed by atoms with Gasteiger partial charge in [-0.05, 0) is 54.9 Å². The van der Waals surface area contributed by atoms with Crippen molar-refractivity contribution in [3.63, 3.8) is 0 Å². The van der Waals surface area contributed by atoms with Crippen LogP contribution in [-0.2, 0) is 25.2 Å². The SMILES string of the molecule is Cc1ccc(S[C@H]2O[C@H](CO[Si](C)(C)C(C)(C)C)[C@@H](OCc3ccccc3)[C@@H]2OC(=O)c2ccccc2)cc1. The molecule has 3 aromatic rings. The summed E-state index contributed by atoms with van der Waals surface area (Å²) in [5.74, 6) is -0.391. The van der Waals surface area contributed by atoms with Crippen LogP contribution >= 0.6 is 11.8 Å². The zero-order chi connectivity index (χ0) is 28.0. The second-order valence-electron chi connectivity index (χ2n) is 11.5. The summed E-state index contributed by atoms with van der Waals surface area (Å²) in [6.07, 6.45) is -1.51. The highest BCUT2D eigenvalue weighted by Gasteiger charge is 2.50. The van der Waals surface area contributed by atoms with Gasteiger partial charge in [0.25, 0.3) is 0 Å². The van der Waals surface area contributed by atoms with Crippen LogP contribution in [0.25, 0.3) is 0 Å². The molecule has 0 N–H and O–H groups in total. The van der Waals surface area contributed by atoms with E-state index < -0.39 is 31.9 Å². The number of hydrogen-bond acceptors (Lipinski definition) is 6. The van der Waals surface area contributed by atoms with Crippen LogP contribution in [0.4, 0.5) is 0 Å². The van der Waals surface area contributed by atoms with Gasteiger partial charge in [0.05, 0.1) is 18.8 Å². The lowest BCUT2D eigenvalue weighted by molar-refractivity contribution is -0.0646. The summed E-state index contributed by atoms with van der Waals surface area (Å²) < 4.78 is 25.9. The molecule has 1 aliphatic heterocycles. The lowest BCUT2D eigenvalue weighted by atomic mass is 10.1. The van der Waals surface area contributed by atoms with Crippen LogP contribution in [0.15, 0.2) is 89.8 Å². The Kier molecular flexibility index (Phi) is 9.72. The average molecular weight is 565 g/mol. The molecule has 4 rings (SSSR count). The lowest BCUT2D eigenvalue weighted by Crippen LogP contribution is -2.45. The van der Waals surface area contributed by atoms with Gasteiger partial charge in [0.15, 0.2) is 14.4 Å². The van der Waals surface area contributed by atoms with E-state index in [2.05, 4.69) is 65.1 Å². The third kappa shape index (κ3) is 7.83. The Morgan fingerprint density at radius 2 is 1.51 bits per heavy atom. The van der Waals surface area contributed by atoms with Crippen LogP contribution in [-0.4, -0.2) is 44.6 Å². The third-order valence-electron chi connectivity index (χ3n) is 7.49. The standard InChI is InChI=1S/C32H40O5SSi/c1-23-17-19-26(20-18-23)38-31-29(37-30(33)25-15-11-8-12-16-25)28(34-21-24-13-9-7-10-14-24)27(36-31)22-35-39(5,6)32(2,3)4/h7-20,27-29,31H,21-22H2,1-6H3/t27-,28-,29+,31-/m1/s1. The maximum atomic E-state index is 13.3. The largest absolute Gasteiger partial charge is 0.452 e. The number of carbonyl (C=O) groups is 1. The van der Waals surface area contributed by atoms with Gasteiger partial charge in [-0.15, -0.1) is 0 Å². The zero-order valence-electron chi connectivity index (χ0n) is 23.8. The molecule has 1 heterocycles. The highest BCUT2D eigenvalue weighted by Crippen LogP contribution is 2.40. The summed E-state index contributed by atoms with van der Waals surface area (Å²) in [7, 11) is -2.05. The topological polar surface area (TPSA) is 54.0 Å². The Balaban J connectivity index is 1.62. The summed E-state index contributed by atoms with van der Waals surface area (Å²) in [6.45, 7) is 13.9. The Bertz CT molecular complexity index is 1190. The molecule has 0 saturated carbocycles. The van der Waals surface area contributed by atoms with Crippen molar-refractivity contribution in [1.82, 2.24) is 0 Å². The van der Waals surface area contributed by atoms with Crippen molar-refractivity contribution >= 4 is 26.0 Å². The fourth-order valence-electron chi connectivity index (χ4n) is 4.04. The number of rotatable bonds is 10. The molecule has 208 valence electrons. The molecular formula is C32H40O5SSi. The van der Waals surface area contributed by atoms with E-state index in [-0.39, 0.29) is 11.1 Å². The highest BCUT2D eigenvalue weighted by molar-refractivity contribution is 7.99. The van der Waals surface area contributed by atoms with Gasteiger partial charge in [-0.3, -0.25) is 0 Å². The maximum Gasteiger partial charge on any atom is 0.338 e. The molecular weight excluding hydrogens is 525 g/mol. The predicted molar refractivity (Wildman–Crippen MR) is 160 cm³/mol. The highest BCUT2D eigenvalue weighted by atomic mass is 32.2. The van der Waals surface area contributed by atoms with Crippen molar-refractivity contribution in [2.75, 3.05) is 6.61 Å². The number of benzene rings is 3. The van der Waals surface area contributed by atoms with E-state index in [4.69, 9.17) is 18.6 Å². The molecule has 0 aromatic heterocycles. The van der Waals surface area contributed by atoms with Crippen molar-refractivity contribution < 1.29 is 23.4 Å². The first-order chi connectivity index (χ1) is 18.5. The van der Waals surface area contributed by atoms with Crippen molar-refractivity contribution in [3.8, 4) is 0 Å². The quantitative estimate of drug-likeness (QED) is 0.186. The number of thioether (sulfide) groups is 1. The summed E-state index contributed by atoms with van der Waals surface area (Å²) >= 11 is 1.55. The first-order valence-electron chi connectivity index (χ1n) is 13.5. The molecule has 0 spiro atoms. The minimum absolute atomic E-state index is 0.0568. The summed E-state index contributed by atoms with van der Waals surface area (Å²) in [5, 5.41) is 0.0568. The van der Waals surface area contributed by atoms with E-state index in [1.165, 1.54) is 5.56 Å². The molecule has 0 aliphatic carbocycles. The molecule has 39 heavy (non-hydrogen) atoms. The van der Waals surface area contributed by atoms with Gasteiger partial charge in [-0.25, -0.2) is 4.79 Å². The van der Waals surface area contributed by atoms with Crippen molar-refractivity contribution in [3.05, 3.63) is 102 Å².